The zero-order chi connectivity index (χ0) is 9.94. The van der Waals surface area contributed by atoms with Gasteiger partial charge in [0.05, 0.1) is 0 Å². The lowest BCUT2D eigenvalue weighted by atomic mass is 9.96. The molecule has 3 heteroatoms. The van der Waals surface area contributed by atoms with E-state index in [9.17, 15) is 4.79 Å². The van der Waals surface area contributed by atoms with Crippen LogP contribution in [0.1, 0.15) is 34.1 Å². The molecule has 0 aliphatic carbocycles. The number of carbonyl (C=O) groups is 1. The van der Waals surface area contributed by atoms with Crippen LogP contribution in [-0.4, -0.2) is 34.6 Å². The summed E-state index contributed by atoms with van der Waals surface area (Å²) < 4.78 is 0. The lowest BCUT2D eigenvalue weighted by Crippen LogP contribution is -2.52. The highest BCUT2D eigenvalue weighted by Crippen LogP contribution is 2.20. The summed E-state index contributed by atoms with van der Waals surface area (Å²) in [4.78, 5) is 12.8. The Labute approximate surface area is 74.4 Å². The molecule has 0 saturated carbocycles. The molecule has 0 aliphatic heterocycles. The predicted octanol–water partition coefficient (Wildman–Crippen LogP) is 1.58. The number of rotatable bonds is 4. The Balaban J connectivity index is 4.63. The number of hydrogen-bond donors (Lipinski definition) is 1. The second-order valence-corrected chi connectivity index (χ2v) is 3.64. The summed E-state index contributed by atoms with van der Waals surface area (Å²) in [6.07, 6.45) is 0.622. The van der Waals surface area contributed by atoms with Gasteiger partial charge in [-0.05, 0) is 34.2 Å². The lowest BCUT2D eigenvalue weighted by Gasteiger charge is -2.37. The van der Waals surface area contributed by atoms with E-state index < -0.39 is 11.5 Å². The van der Waals surface area contributed by atoms with Crippen LogP contribution in [0.4, 0.5) is 0 Å². The highest BCUT2D eigenvalue weighted by Gasteiger charge is 2.36. The molecule has 12 heavy (non-hydrogen) atoms. The molecule has 72 valence electrons. The van der Waals surface area contributed by atoms with Crippen molar-refractivity contribution < 1.29 is 9.90 Å². The number of carboxylic acid groups (broad SMARTS) is 1. The van der Waals surface area contributed by atoms with Gasteiger partial charge in [0.2, 0.25) is 0 Å². The van der Waals surface area contributed by atoms with Gasteiger partial charge in [0, 0.05) is 6.04 Å². The van der Waals surface area contributed by atoms with E-state index in [1.54, 1.807) is 6.92 Å². The van der Waals surface area contributed by atoms with Crippen LogP contribution in [0.3, 0.4) is 0 Å². The summed E-state index contributed by atoms with van der Waals surface area (Å²) in [6, 6.07) is 0.256. The summed E-state index contributed by atoms with van der Waals surface area (Å²) in [5.41, 5.74) is -0.728. The van der Waals surface area contributed by atoms with E-state index in [4.69, 9.17) is 5.11 Å². The van der Waals surface area contributed by atoms with Crippen molar-refractivity contribution in [2.24, 2.45) is 0 Å². The molecule has 0 aliphatic rings. The zero-order valence-corrected chi connectivity index (χ0v) is 8.59. The molecule has 0 aromatic rings. The maximum Gasteiger partial charge on any atom is 0.323 e. The Hall–Kier alpha value is -0.570. The quantitative estimate of drug-likeness (QED) is 0.701. The number of nitrogens with zero attached hydrogens (tertiary/aromatic N) is 1. The van der Waals surface area contributed by atoms with Gasteiger partial charge in [-0.2, -0.15) is 0 Å². The van der Waals surface area contributed by atoms with Gasteiger partial charge in [0.25, 0.3) is 0 Å². The molecule has 0 heterocycles. The summed E-state index contributed by atoms with van der Waals surface area (Å²) in [5.74, 6) is -0.749. The molecule has 0 aromatic carbocycles. The molecular weight excluding hydrogens is 154 g/mol. The molecule has 0 rings (SSSR count). The summed E-state index contributed by atoms with van der Waals surface area (Å²) >= 11 is 0. The molecule has 1 N–H and O–H groups in total. The fourth-order valence-electron chi connectivity index (χ4n) is 1.12. The first-order valence-electron chi connectivity index (χ1n) is 4.32. The van der Waals surface area contributed by atoms with E-state index in [0.717, 1.165) is 0 Å². The standard InChI is InChI=1S/C9H19NO2/c1-6-9(4,8(11)12)10(5)7(2)3/h7H,6H2,1-5H3,(H,11,12). The van der Waals surface area contributed by atoms with Crippen molar-refractivity contribution in [3.8, 4) is 0 Å². The van der Waals surface area contributed by atoms with Crippen LogP contribution in [-0.2, 0) is 4.79 Å². The number of hydrogen-bond acceptors (Lipinski definition) is 2. The predicted molar refractivity (Wildman–Crippen MR) is 49.2 cm³/mol. The first-order valence-corrected chi connectivity index (χ1v) is 4.32. The molecule has 1 atom stereocenters. The van der Waals surface area contributed by atoms with Gasteiger partial charge in [-0.1, -0.05) is 6.92 Å². The monoisotopic (exact) mass is 173 g/mol. The van der Waals surface area contributed by atoms with Crippen molar-refractivity contribution >= 4 is 5.97 Å². The molecule has 0 saturated heterocycles. The molecule has 0 amide bonds. The fraction of sp³-hybridized carbons (Fsp3) is 0.889. The van der Waals surface area contributed by atoms with Crippen LogP contribution in [0.15, 0.2) is 0 Å². The third-order valence-electron chi connectivity index (χ3n) is 2.70. The van der Waals surface area contributed by atoms with Gasteiger partial charge < -0.3 is 5.11 Å². The number of carboxylic acids is 1. The second kappa shape index (κ2) is 3.90. The van der Waals surface area contributed by atoms with E-state index >= 15 is 0 Å². The smallest absolute Gasteiger partial charge is 0.323 e. The Morgan fingerprint density at radius 1 is 1.58 bits per heavy atom. The average molecular weight is 173 g/mol. The molecule has 0 radical (unpaired) electrons. The summed E-state index contributed by atoms with van der Waals surface area (Å²) in [5, 5.41) is 9.01. The minimum absolute atomic E-state index is 0.256. The molecule has 0 fully saturated rings. The minimum atomic E-state index is -0.749. The Bertz CT molecular complexity index is 168. The van der Waals surface area contributed by atoms with Crippen LogP contribution >= 0.6 is 0 Å². The van der Waals surface area contributed by atoms with Gasteiger partial charge in [-0.3, -0.25) is 9.69 Å². The van der Waals surface area contributed by atoms with Crippen LogP contribution in [0.5, 0.6) is 0 Å². The van der Waals surface area contributed by atoms with Crippen LogP contribution in [0.2, 0.25) is 0 Å². The van der Waals surface area contributed by atoms with Crippen molar-refractivity contribution in [3.05, 3.63) is 0 Å². The van der Waals surface area contributed by atoms with Crippen LogP contribution in [0.25, 0.3) is 0 Å². The molecular formula is C9H19NO2. The van der Waals surface area contributed by atoms with Gasteiger partial charge in [-0.25, -0.2) is 0 Å². The number of aliphatic carboxylic acids is 1. The lowest BCUT2D eigenvalue weighted by molar-refractivity contribution is -0.151. The van der Waals surface area contributed by atoms with Gasteiger partial charge in [0.1, 0.15) is 5.54 Å². The molecule has 1 unspecified atom stereocenters. The largest absolute Gasteiger partial charge is 0.480 e. The van der Waals surface area contributed by atoms with Crippen molar-refractivity contribution in [3.63, 3.8) is 0 Å². The van der Waals surface area contributed by atoms with E-state index in [1.807, 2.05) is 32.7 Å². The van der Waals surface area contributed by atoms with Gasteiger partial charge in [0.15, 0.2) is 0 Å². The first kappa shape index (κ1) is 11.4. The summed E-state index contributed by atoms with van der Waals surface area (Å²) in [6.45, 7) is 7.65. The molecule has 0 aromatic heterocycles. The molecule has 0 bridgehead atoms. The SMILES string of the molecule is CCC(C)(C(=O)O)N(C)C(C)C. The van der Waals surface area contributed by atoms with Crippen molar-refractivity contribution in [1.29, 1.82) is 0 Å². The topological polar surface area (TPSA) is 40.5 Å². The third-order valence-corrected chi connectivity index (χ3v) is 2.70. The van der Waals surface area contributed by atoms with Gasteiger partial charge >= 0.3 is 5.97 Å². The maximum atomic E-state index is 11.0. The highest BCUT2D eigenvalue weighted by molar-refractivity contribution is 5.78. The minimum Gasteiger partial charge on any atom is -0.480 e. The van der Waals surface area contributed by atoms with E-state index in [-0.39, 0.29) is 6.04 Å². The Morgan fingerprint density at radius 3 is 2.08 bits per heavy atom. The van der Waals surface area contributed by atoms with Crippen LogP contribution in [0, 0.1) is 0 Å². The van der Waals surface area contributed by atoms with E-state index in [1.165, 1.54) is 0 Å². The van der Waals surface area contributed by atoms with Gasteiger partial charge in [-0.15, -0.1) is 0 Å². The van der Waals surface area contributed by atoms with E-state index in [2.05, 4.69) is 0 Å². The maximum absolute atomic E-state index is 11.0. The molecule has 3 nitrogen and oxygen atoms in total. The Morgan fingerprint density at radius 2 is 2.00 bits per heavy atom. The van der Waals surface area contributed by atoms with Crippen molar-refractivity contribution in [2.45, 2.75) is 45.7 Å². The highest BCUT2D eigenvalue weighted by atomic mass is 16.4. The number of likely N-dealkylation sites (N-methyl/N-ethyl adjacent to an activating group) is 1. The fourth-order valence-corrected chi connectivity index (χ4v) is 1.12. The normalized spacial score (nSPS) is 16.6. The first-order chi connectivity index (χ1) is 5.36. The third kappa shape index (κ3) is 1.97. The average Bonchev–Trinajstić information content (AvgIpc) is 2.01. The Kier molecular flexibility index (Phi) is 3.71. The van der Waals surface area contributed by atoms with E-state index in [0.29, 0.717) is 6.42 Å². The summed E-state index contributed by atoms with van der Waals surface area (Å²) in [7, 11) is 1.85. The van der Waals surface area contributed by atoms with Crippen molar-refractivity contribution in [2.75, 3.05) is 7.05 Å². The molecule has 0 spiro atoms. The zero-order valence-electron chi connectivity index (χ0n) is 8.59. The van der Waals surface area contributed by atoms with Crippen LogP contribution < -0.4 is 0 Å². The second-order valence-electron chi connectivity index (χ2n) is 3.64. The van der Waals surface area contributed by atoms with Crippen molar-refractivity contribution in [1.82, 2.24) is 4.90 Å².